The summed E-state index contributed by atoms with van der Waals surface area (Å²) < 4.78 is 0. The minimum Gasteiger partial charge on any atom is -0.330 e. The van der Waals surface area contributed by atoms with Crippen LogP contribution in [0.4, 0.5) is 0 Å². The molecule has 0 aromatic heterocycles. The Labute approximate surface area is 115 Å². The fraction of sp³-hybridized carbons (Fsp3) is 0.412. The Morgan fingerprint density at radius 1 is 1.16 bits per heavy atom. The van der Waals surface area contributed by atoms with Gasteiger partial charge in [-0.2, -0.15) is 0 Å². The monoisotopic (exact) mass is 254 g/mol. The molecule has 1 saturated heterocycles. The van der Waals surface area contributed by atoms with Crippen molar-refractivity contribution in [1.82, 2.24) is 4.90 Å². The zero-order valence-corrected chi connectivity index (χ0v) is 11.6. The topological polar surface area (TPSA) is 29.3 Å². The fourth-order valence-electron chi connectivity index (χ4n) is 3.02. The number of nitrogens with two attached hydrogens (primary N) is 1. The van der Waals surface area contributed by atoms with Crippen LogP contribution < -0.4 is 5.73 Å². The third-order valence-electron chi connectivity index (χ3n) is 4.35. The highest BCUT2D eigenvalue weighted by Crippen LogP contribution is 2.29. The van der Waals surface area contributed by atoms with E-state index in [4.69, 9.17) is 5.73 Å². The smallest absolute Gasteiger partial charge is 0.0234 e. The van der Waals surface area contributed by atoms with Crippen LogP contribution in [0.5, 0.6) is 0 Å². The number of hydrogen-bond donors (Lipinski definition) is 1. The molecule has 2 aromatic carbocycles. The molecule has 1 fully saturated rings. The molecule has 2 N–H and O–H groups in total. The van der Waals surface area contributed by atoms with Gasteiger partial charge in [0.25, 0.3) is 0 Å². The van der Waals surface area contributed by atoms with Crippen molar-refractivity contribution in [2.45, 2.75) is 19.9 Å². The molecule has 1 unspecified atom stereocenters. The molecular weight excluding hydrogens is 232 g/mol. The first-order valence-electron chi connectivity index (χ1n) is 7.09. The Hall–Kier alpha value is -1.38. The van der Waals surface area contributed by atoms with E-state index < -0.39 is 0 Å². The van der Waals surface area contributed by atoms with E-state index in [2.05, 4.69) is 54.3 Å². The molecule has 100 valence electrons. The lowest BCUT2D eigenvalue weighted by Gasteiger charge is -2.22. The van der Waals surface area contributed by atoms with Crippen LogP contribution in [0, 0.1) is 5.41 Å². The average molecular weight is 254 g/mol. The molecule has 0 radical (unpaired) electrons. The predicted molar refractivity (Wildman–Crippen MR) is 81.0 cm³/mol. The van der Waals surface area contributed by atoms with Gasteiger partial charge in [0.1, 0.15) is 0 Å². The number of benzene rings is 2. The molecule has 1 heterocycles. The van der Waals surface area contributed by atoms with E-state index in [1.54, 1.807) is 0 Å². The molecule has 2 heteroatoms. The summed E-state index contributed by atoms with van der Waals surface area (Å²) in [6.07, 6.45) is 1.22. The Bertz CT molecular complexity index is 578. The number of fused-ring (bicyclic) bond motifs is 1. The maximum absolute atomic E-state index is 5.87. The summed E-state index contributed by atoms with van der Waals surface area (Å²) in [6, 6.07) is 15.3. The highest BCUT2D eigenvalue weighted by Gasteiger charge is 2.32. The van der Waals surface area contributed by atoms with Crippen molar-refractivity contribution >= 4 is 10.8 Å². The lowest BCUT2D eigenvalue weighted by molar-refractivity contribution is 0.274. The van der Waals surface area contributed by atoms with Gasteiger partial charge in [0.05, 0.1) is 0 Å². The molecule has 19 heavy (non-hydrogen) atoms. The first-order valence-corrected chi connectivity index (χ1v) is 7.09. The van der Waals surface area contributed by atoms with E-state index in [0.29, 0.717) is 5.41 Å². The van der Waals surface area contributed by atoms with E-state index in [9.17, 15) is 0 Å². The van der Waals surface area contributed by atoms with E-state index in [0.717, 1.165) is 19.6 Å². The molecular formula is C17H22N2. The normalized spacial score (nSPS) is 24.1. The Morgan fingerprint density at radius 2 is 1.95 bits per heavy atom. The van der Waals surface area contributed by atoms with Crippen molar-refractivity contribution in [3.63, 3.8) is 0 Å². The minimum atomic E-state index is 0.316. The largest absolute Gasteiger partial charge is 0.330 e. The van der Waals surface area contributed by atoms with Gasteiger partial charge in [0, 0.05) is 13.1 Å². The summed E-state index contributed by atoms with van der Waals surface area (Å²) in [4.78, 5) is 2.52. The van der Waals surface area contributed by atoms with Crippen molar-refractivity contribution in [3.05, 3.63) is 48.0 Å². The van der Waals surface area contributed by atoms with Gasteiger partial charge in [0.2, 0.25) is 0 Å². The van der Waals surface area contributed by atoms with Crippen LogP contribution in [-0.4, -0.2) is 24.5 Å². The van der Waals surface area contributed by atoms with Crippen LogP contribution in [0.15, 0.2) is 42.5 Å². The van der Waals surface area contributed by atoms with Gasteiger partial charge in [0.15, 0.2) is 0 Å². The van der Waals surface area contributed by atoms with Crippen LogP contribution in [0.3, 0.4) is 0 Å². The van der Waals surface area contributed by atoms with Gasteiger partial charge in [-0.1, -0.05) is 43.3 Å². The quantitative estimate of drug-likeness (QED) is 0.912. The van der Waals surface area contributed by atoms with Gasteiger partial charge < -0.3 is 5.73 Å². The zero-order chi connectivity index (χ0) is 13.3. The fourth-order valence-corrected chi connectivity index (χ4v) is 3.02. The van der Waals surface area contributed by atoms with E-state index in [1.165, 1.54) is 29.3 Å². The third kappa shape index (κ3) is 2.65. The standard InChI is InChI=1S/C17H22N2/c1-17(12-18)8-9-19(13-17)11-14-6-7-15-4-2-3-5-16(15)10-14/h2-7,10H,8-9,11-13,18H2,1H3. The minimum absolute atomic E-state index is 0.316. The summed E-state index contributed by atoms with van der Waals surface area (Å²) in [5.41, 5.74) is 7.59. The molecule has 3 rings (SSSR count). The SMILES string of the molecule is CC1(CN)CCN(Cc2ccc3ccccc3c2)C1. The van der Waals surface area contributed by atoms with E-state index in [-0.39, 0.29) is 0 Å². The number of nitrogens with zero attached hydrogens (tertiary/aromatic N) is 1. The number of likely N-dealkylation sites (tertiary alicyclic amines) is 1. The van der Waals surface area contributed by atoms with Crippen molar-refractivity contribution < 1.29 is 0 Å². The number of hydrogen-bond acceptors (Lipinski definition) is 2. The molecule has 0 bridgehead atoms. The van der Waals surface area contributed by atoms with Crippen molar-refractivity contribution in [2.75, 3.05) is 19.6 Å². The van der Waals surface area contributed by atoms with Crippen molar-refractivity contribution in [2.24, 2.45) is 11.1 Å². The van der Waals surface area contributed by atoms with Crippen molar-refractivity contribution in [3.8, 4) is 0 Å². The molecule has 0 amide bonds. The Kier molecular flexibility index (Phi) is 3.29. The lowest BCUT2D eigenvalue weighted by atomic mass is 9.90. The van der Waals surface area contributed by atoms with Crippen LogP contribution in [-0.2, 0) is 6.54 Å². The number of rotatable bonds is 3. The predicted octanol–water partition coefficient (Wildman–Crippen LogP) is 3.01. The molecule has 1 aliphatic rings. The first-order chi connectivity index (χ1) is 9.18. The zero-order valence-electron chi connectivity index (χ0n) is 11.6. The van der Waals surface area contributed by atoms with Gasteiger partial charge in [-0.05, 0) is 47.3 Å². The van der Waals surface area contributed by atoms with Gasteiger partial charge in [-0.15, -0.1) is 0 Å². The highest BCUT2D eigenvalue weighted by atomic mass is 15.2. The van der Waals surface area contributed by atoms with Gasteiger partial charge in [-0.25, -0.2) is 0 Å². The Morgan fingerprint density at radius 3 is 2.68 bits per heavy atom. The maximum atomic E-state index is 5.87. The van der Waals surface area contributed by atoms with Crippen LogP contribution in [0.2, 0.25) is 0 Å². The summed E-state index contributed by atoms with van der Waals surface area (Å²) in [6.45, 7) is 6.42. The molecule has 0 aliphatic carbocycles. The van der Waals surface area contributed by atoms with Crippen LogP contribution in [0.1, 0.15) is 18.9 Å². The molecule has 2 nitrogen and oxygen atoms in total. The first kappa shape index (κ1) is 12.6. The summed E-state index contributed by atoms with van der Waals surface area (Å²) in [5, 5.41) is 2.65. The van der Waals surface area contributed by atoms with Crippen LogP contribution >= 0.6 is 0 Å². The summed E-state index contributed by atoms with van der Waals surface area (Å²) in [5.74, 6) is 0. The highest BCUT2D eigenvalue weighted by molar-refractivity contribution is 5.82. The van der Waals surface area contributed by atoms with E-state index in [1.807, 2.05) is 0 Å². The van der Waals surface area contributed by atoms with Crippen LogP contribution in [0.25, 0.3) is 10.8 Å². The molecule has 1 atom stereocenters. The maximum Gasteiger partial charge on any atom is 0.0234 e. The Balaban J connectivity index is 1.75. The second-order valence-electron chi connectivity index (χ2n) is 6.16. The average Bonchev–Trinajstić information content (AvgIpc) is 2.81. The van der Waals surface area contributed by atoms with E-state index >= 15 is 0 Å². The molecule has 2 aromatic rings. The molecule has 0 spiro atoms. The summed E-state index contributed by atoms with van der Waals surface area (Å²) >= 11 is 0. The molecule has 0 saturated carbocycles. The second-order valence-corrected chi connectivity index (χ2v) is 6.16. The lowest BCUT2D eigenvalue weighted by Crippen LogP contribution is -2.31. The van der Waals surface area contributed by atoms with Crippen molar-refractivity contribution in [1.29, 1.82) is 0 Å². The van der Waals surface area contributed by atoms with Gasteiger partial charge in [-0.3, -0.25) is 4.90 Å². The molecule has 1 aliphatic heterocycles. The third-order valence-corrected chi connectivity index (χ3v) is 4.35. The summed E-state index contributed by atoms with van der Waals surface area (Å²) in [7, 11) is 0. The van der Waals surface area contributed by atoms with Gasteiger partial charge >= 0.3 is 0 Å². The second kappa shape index (κ2) is 4.95.